The van der Waals surface area contributed by atoms with E-state index in [-0.39, 0.29) is 17.2 Å². The Bertz CT molecular complexity index is 1410. The fraction of sp³-hybridized carbons (Fsp3) is 0.111. The van der Waals surface area contributed by atoms with Gasteiger partial charge < -0.3 is 4.74 Å². The van der Waals surface area contributed by atoms with Crippen LogP contribution in [0.1, 0.15) is 16.7 Å². The molecule has 4 aromatic carbocycles. The first-order valence-corrected chi connectivity index (χ1v) is 10.5. The van der Waals surface area contributed by atoms with E-state index >= 15 is 0 Å². The van der Waals surface area contributed by atoms with Crippen LogP contribution in [0.5, 0.6) is 5.75 Å². The molecule has 0 saturated heterocycles. The second kappa shape index (κ2) is 9.64. The highest BCUT2D eigenvalue weighted by molar-refractivity contribution is 5.71. The molecule has 0 amide bonds. The van der Waals surface area contributed by atoms with Gasteiger partial charge in [0.1, 0.15) is 35.4 Å². The van der Waals surface area contributed by atoms with E-state index < -0.39 is 58.7 Å². The van der Waals surface area contributed by atoms with Gasteiger partial charge in [-0.2, -0.15) is 8.78 Å². The molecule has 0 aromatic heterocycles. The van der Waals surface area contributed by atoms with E-state index in [4.69, 9.17) is 0 Å². The molecular formula is C27H16F8O. The van der Waals surface area contributed by atoms with Gasteiger partial charge >= 0.3 is 6.11 Å². The molecule has 0 bridgehead atoms. The monoisotopic (exact) mass is 508 g/mol. The molecular weight excluding hydrogens is 492 g/mol. The van der Waals surface area contributed by atoms with Crippen LogP contribution in [-0.4, -0.2) is 0 Å². The third-order valence-electron chi connectivity index (χ3n) is 5.47. The van der Waals surface area contributed by atoms with Gasteiger partial charge in [-0.05, 0) is 47.9 Å². The summed E-state index contributed by atoms with van der Waals surface area (Å²) in [4.78, 5) is 0. The molecule has 4 rings (SSSR count). The molecule has 0 aliphatic heterocycles. The highest BCUT2D eigenvalue weighted by atomic mass is 19.3. The average Bonchev–Trinajstić information content (AvgIpc) is 2.80. The summed E-state index contributed by atoms with van der Waals surface area (Å²) in [6, 6.07) is 12.7. The lowest BCUT2D eigenvalue weighted by molar-refractivity contribution is -0.189. The van der Waals surface area contributed by atoms with Crippen LogP contribution in [0, 0.1) is 36.0 Å². The van der Waals surface area contributed by atoms with Gasteiger partial charge in [-0.3, -0.25) is 0 Å². The Balaban J connectivity index is 1.67. The summed E-state index contributed by atoms with van der Waals surface area (Å²) in [5.74, 6) is -8.73. The number of ether oxygens (including phenoxy) is 1. The van der Waals surface area contributed by atoms with Gasteiger partial charge in [0.2, 0.25) is 0 Å². The Hall–Kier alpha value is -3.88. The lowest BCUT2D eigenvalue weighted by Crippen LogP contribution is -2.25. The minimum atomic E-state index is -4.70. The molecule has 0 fully saturated rings. The average molecular weight is 508 g/mol. The maximum Gasteiger partial charge on any atom is 0.432 e. The van der Waals surface area contributed by atoms with Crippen LogP contribution in [0.4, 0.5) is 35.1 Å². The topological polar surface area (TPSA) is 9.23 Å². The summed E-state index contributed by atoms with van der Waals surface area (Å²) < 4.78 is 117. The van der Waals surface area contributed by atoms with Crippen LogP contribution in [0.2, 0.25) is 0 Å². The lowest BCUT2D eigenvalue weighted by Gasteiger charge is -2.20. The van der Waals surface area contributed by atoms with Gasteiger partial charge in [-0.1, -0.05) is 42.0 Å². The van der Waals surface area contributed by atoms with Crippen molar-refractivity contribution in [3.8, 4) is 28.0 Å². The Morgan fingerprint density at radius 2 is 1.25 bits per heavy atom. The SMILES string of the molecule is Cc1ccc(-c2ccc(-c3cc(F)c(C(F)(F)Oc4cc(F)c(F)c(CF)c4)c(F)c3)c(F)c2)cc1. The fourth-order valence-electron chi connectivity index (χ4n) is 3.66. The third-order valence-corrected chi connectivity index (χ3v) is 5.47. The molecule has 0 N–H and O–H groups in total. The second-order valence-corrected chi connectivity index (χ2v) is 8.01. The Kier molecular flexibility index (Phi) is 6.75. The number of alkyl halides is 3. The van der Waals surface area contributed by atoms with E-state index in [1.165, 1.54) is 12.1 Å². The van der Waals surface area contributed by atoms with Crippen molar-refractivity contribution in [3.05, 3.63) is 113 Å². The third kappa shape index (κ3) is 4.91. The molecule has 0 atom stereocenters. The van der Waals surface area contributed by atoms with Crippen LogP contribution in [0.15, 0.2) is 66.7 Å². The molecule has 0 aliphatic carbocycles. The Labute approximate surface area is 200 Å². The molecule has 186 valence electrons. The van der Waals surface area contributed by atoms with Gasteiger partial charge in [0.25, 0.3) is 0 Å². The molecule has 4 aromatic rings. The standard InChI is InChI=1S/C27H16F8O/c1-14-2-4-15(5-3-14)16-6-7-20(21(29)9-16)17-10-22(30)25(23(31)11-17)27(34,35)36-19-8-18(13-28)26(33)24(32)12-19/h2-12H,13H2,1H3. The summed E-state index contributed by atoms with van der Waals surface area (Å²) in [5.41, 5.74) is -1.17. The highest BCUT2D eigenvalue weighted by Gasteiger charge is 2.41. The Morgan fingerprint density at radius 3 is 1.83 bits per heavy atom. The summed E-state index contributed by atoms with van der Waals surface area (Å²) in [5, 5.41) is 0. The van der Waals surface area contributed by atoms with Gasteiger partial charge in [0.05, 0.1) is 0 Å². The minimum Gasteiger partial charge on any atom is -0.429 e. The predicted octanol–water partition coefficient (Wildman–Crippen LogP) is 8.62. The van der Waals surface area contributed by atoms with Crippen LogP contribution in [0.3, 0.4) is 0 Å². The van der Waals surface area contributed by atoms with E-state index in [0.717, 1.165) is 11.6 Å². The molecule has 36 heavy (non-hydrogen) atoms. The van der Waals surface area contributed by atoms with Crippen molar-refractivity contribution in [2.45, 2.75) is 19.7 Å². The quantitative estimate of drug-likeness (QED) is 0.237. The maximum absolute atomic E-state index is 14.8. The zero-order chi connectivity index (χ0) is 26.2. The molecule has 9 heteroatoms. The number of aryl methyl sites for hydroxylation is 1. The number of benzene rings is 4. The minimum absolute atomic E-state index is 0.192. The van der Waals surface area contributed by atoms with Crippen LogP contribution in [-0.2, 0) is 12.8 Å². The number of rotatable bonds is 6. The van der Waals surface area contributed by atoms with E-state index in [1.54, 1.807) is 12.1 Å². The van der Waals surface area contributed by atoms with E-state index in [0.29, 0.717) is 29.3 Å². The zero-order valence-corrected chi connectivity index (χ0v) is 18.5. The number of hydrogen-bond acceptors (Lipinski definition) is 1. The van der Waals surface area contributed by atoms with Crippen molar-refractivity contribution in [2.24, 2.45) is 0 Å². The van der Waals surface area contributed by atoms with Gasteiger partial charge in [0, 0.05) is 17.2 Å². The molecule has 0 radical (unpaired) electrons. The molecule has 0 saturated carbocycles. The van der Waals surface area contributed by atoms with Crippen molar-refractivity contribution in [3.63, 3.8) is 0 Å². The van der Waals surface area contributed by atoms with Crippen molar-refractivity contribution < 1.29 is 39.9 Å². The van der Waals surface area contributed by atoms with Gasteiger partial charge in [0.15, 0.2) is 11.6 Å². The van der Waals surface area contributed by atoms with Crippen molar-refractivity contribution >= 4 is 0 Å². The maximum atomic E-state index is 14.8. The van der Waals surface area contributed by atoms with E-state index in [1.807, 2.05) is 19.1 Å². The molecule has 1 nitrogen and oxygen atoms in total. The summed E-state index contributed by atoms with van der Waals surface area (Å²) in [6.45, 7) is 0.352. The van der Waals surface area contributed by atoms with Crippen LogP contribution >= 0.6 is 0 Å². The van der Waals surface area contributed by atoms with Crippen molar-refractivity contribution in [2.75, 3.05) is 0 Å². The normalized spacial score (nSPS) is 11.6. The van der Waals surface area contributed by atoms with Crippen molar-refractivity contribution in [1.82, 2.24) is 0 Å². The first-order valence-electron chi connectivity index (χ1n) is 10.5. The first kappa shape index (κ1) is 25.2. The first-order chi connectivity index (χ1) is 17.0. The molecule has 0 aliphatic rings. The smallest absolute Gasteiger partial charge is 0.429 e. The largest absolute Gasteiger partial charge is 0.432 e. The summed E-state index contributed by atoms with van der Waals surface area (Å²) in [7, 11) is 0. The van der Waals surface area contributed by atoms with Crippen LogP contribution in [0.25, 0.3) is 22.3 Å². The lowest BCUT2D eigenvalue weighted by atomic mass is 9.98. The molecule has 0 unspecified atom stereocenters. The summed E-state index contributed by atoms with van der Waals surface area (Å²) >= 11 is 0. The van der Waals surface area contributed by atoms with E-state index in [9.17, 15) is 35.1 Å². The molecule has 0 spiro atoms. The number of halogens is 8. The van der Waals surface area contributed by atoms with E-state index in [2.05, 4.69) is 4.74 Å². The predicted molar refractivity (Wildman–Crippen MR) is 118 cm³/mol. The van der Waals surface area contributed by atoms with Crippen molar-refractivity contribution in [1.29, 1.82) is 0 Å². The van der Waals surface area contributed by atoms with Crippen LogP contribution < -0.4 is 4.74 Å². The van der Waals surface area contributed by atoms with Gasteiger partial charge in [-0.25, -0.2) is 26.3 Å². The second-order valence-electron chi connectivity index (χ2n) is 8.01. The summed E-state index contributed by atoms with van der Waals surface area (Å²) in [6.07, 6.45) is -4.70. The highest BCUT2D eigenvalue weighted by Crippen LogP contribution is 2.38. The number of hydrogen-bond donors (Lipinski definition) is 0. The van der Waals surface area contributed by atoms with Gasteiger partial charge in [-0.15, -0.1) is 0 Å². The Morgan fingerprint density at radius 1 is 0.667 bits per heavy atom. The fourth-order valence-corrected chi connectivity index (χ4v) is 3.66. The molecule has 0 heterocycles. The zero-order valence-electron chi connectivity index (χ0n) is 18.5.